The largest absolute Gasteiger partial charge is 0.481 e. The Bertz CT molecular complexity index is 347. The summed E-state index contributed by atoms with van der Waals surface area (Å²) < 4.78 is 0. The van der Waals surface area contributed by atoms with E-state index in [1.165, 1.54) is 0 Å². The molecular formula is C12H17NO4. The van der Waals surface area contributed by atoms with Crippen LogP contribution >= 0.6 is 0 Å². The first-order valence-electron chi connectivity index (χ1n) is 5.12. The van der Waals surface area contributed by atoms with E-state index in [4.69, 9.17) is 20.7 Å². The smallest absolute Gasteiger partial charge is 0.304 e. The number of hydrogen-bond acceptors (Lipinski definition) is 3. The van der Waals surface area contributed by atoms with Gasteiger partial charge in [-0.2, -0.15) is 0 Å². The second-order valence-corrected chi connectivity index (χ2v) is 3.57. The summed E-state index contributed by atoms with van der Waals surface area (Å²) in [6.45, 7) is 1.08. The zero-order valence-electron chi connectivity index (χ0n) is 9.67. The Hall–Kier alpha value is -1.88. The van der Waals surface area contributed by atoms with Crippen molar-refractivity contribution in [2.45, 2.75) is 25.8 Å². The molecule has 5 heteroatoms. The van der Waals surface area contributed by atoms with E-state index in [2.05, 4.69) is 0 Å². The highest BCUT2D eigenvalue weighted by atomic mass is 16.4. The fraction of sp³-hybridized carbons (Fsp3) is 0.333. The number of benzene rings is 1. The first-order chi connectivity index (χ1) is 7.91. The van der Waals surface area contributed by atoms with E-state index in [1.807, 2.05) is 30.3 Å². The molecule has 94 valence electrons. The van der Waals surface area contributed by atoms with Gasteiger partial charge in [-0.15, -0.1) is 0 Å². The fourth-order valence-electron chi connectivity index (χ4n) is 1.21. The molecule has 0 saturated carbocycles. The summed E-state index contributed by atoms with van der Waals surface area (Å²) in [4.78, 5) is 19.3. The molecule has 0 aliphatic rings. The predicted molar refractivity (Wildman–Crippen MR) is 63.7 cm³/mol. The van der Waals surface area contributed by atoms with Gasteiger partial charge in [0.05, 0.1) is 6.42 Å². The van der Waals surface area contributed by atoms with Gasteiger partial charge in [0, 0.05) is 13.0 Å². The third kappa shape index (κ3) is 10.4. The quantitative estimate of drug-likeness (QED) is 0.731. The van der Waals surface area contributed by atoms with Gasteiger partial charge in [0.2, 0.25) is 0 Å². The topological polar surface area (TPSA) is 101 Å². The zero-order valence-corrected chi connectivity index (χ0v) is 9.67. The first-order valence-corrected chi connectivity index (χ1v) is 5.12. The van der Waals surface area contributed by atoms with Gasteiger partial charge in [0.1, 0.15) is 0 Å². The summed E-state index contributed by atoms with van der Waals surface area (Å²) in [6, 6.07) is 9.36. The lowest BCUT2D eigenvalue weighted by Gasteiger charge is -2.07. The summed E-state index contributed by atoms with van der Waals surface area (Å²) in [5, 5.41) is 15.9. The van der Waals surface area contributed by atoms with Crippen LogP contribution in [0, 0.1) is 0 Å². The predicted octanol–water partition coefficient (Wildman–Crippen LogP) is 1.12. The molecular weight excluding hydrogens is 222 g/mol. The minimum absolute atomic E-state index is 0.0227. The van der Waals surface area contributed by atoms with Gasteiger partial charge in [-0.1, -0.05) is 30.3 Å². The molecule has 1 aromatic rings. The Morgan fingerprint density at radius 1 is 1.24 bits per heavy atom. The van der Waals surface area contributed by atoms with Crippen LogP contribution < -0.4 is 5.73 Å². The maximum atomic E-state index is 10.3. The fourth-order valence-corrected chi connectivity index (χ4v) is 1.21. The van der Waals surface area contributed by atoms with E-state index < -0.39 is 11.9 Å². The molecule has 5 nitrogen and oxygen atoms in total. The van der Waals surface area contributed by atoms with Crippen molar-refractivity contribution in [3.63, 3.8) is 0 Å². The molecule has 0 amide bonds. The molecule has 0 saturated heterocycles. The third-order valence-corrected chi connectivity index (χ3v) is 1.78. The molecule has 0 heterocycles. The molecule has 1 aromatic carbocycles. The maximum absolute atomic E-state index is 10.3. The molecule has 0 radical (unpaired) electrons. The van der Waals surface area contributed by atoms with E-state index in [9.17, 15) is 4.79 Å². The minimum Gasteiger partial charge on any atom is -0.481 e. The van der Waals surface area contributed by atoms with Crippen LogP contribution in [0.1, 0.15) is 18.9 Å². The third-order valence-electron chi connectivity index (χ3n) is 1.78. The molecule has 17 heavy (non-hydrogen) atoms. The summed E-state index contributed by atoms with van der Waals surface area (Å²) in [7, 11) is 0. The number of aliphatic carboxylic acids is 2. The van der Waals surface area contributed by atoms with Crippen molar-refractivity contribution >= 4 is 11.9 Å². The summed E-state index contributed by atoms with van der Waals surface area (Å²) in [5.41, 5.74) is 6.71. The van der Waals surface area contributed by atoms with Crippen molar-refractivity contribution in [1.82, 2.24) is 0 Å². The van der Waals surface area contributed by atoms with E-state index in [1.54, 1.807) is 0 Å². The number of carboxylic acid groups (broad SMARTS) is 2. The second-order valence-electron chi connectivity index (χ2n) is 3.57. The molecule has 0 fully saturated rings. The number of nitrogens with two attached hydrogens (primary N) is 1. The number of carboxylic acids is 2. The van der Waals surface area contributed by atoms with Crippen LogP contribution in [-0.2, 0) is 16.0 Å². The molecule has 1 rings (SSSR count). The lowest BCUT2D eigenvalue weighted by molar-refractivity contribution is -0.137. The lowest BCUT2D eigenvalue weighted by atomic mass is 10.0. The molecule has 0 spiro atoms. The van der Waals surface area contributed by atoms with E-state index in [0.717, 1.165) is 12.5 Å². The van der Waals surface area contributed by atoms with Crippen LogP contribution in [0.4, 0.5) is 0 Å². The monoisotopic (exact) mass is 239 g/mol. The van der Waals surface area contributed by atoms with Crippen LogP contribution in [-0.4, -0.2) is 28.2 Å². The van der Waals surface area contributed by atoms with E-state index >= 15 is 0 Å². The van der Waals surface area contributed by atoms with Crippen molar-refractivity contribution in [1.29, 1.82) is 0 Å². The highest BCUT2D eigenvalue weighted by Crippen LogP contribution is 2.03. The zero-order chi connectivity index (χ0) is 13.3. The summed E-state index contributed by atoms with van der Waals surface area (Å²) in [6.07, 6.45) is 0.641. The van der Waals surface area contributed by atoms with Gasteiger partial charge in [-0.25, -0.2) is 0 Å². The molecule has 0 bridgehead atoms. The molecule has 4 N–H and O–H groups in total. The molecule has 0 unspecified atom stereocenters. The molecule has 0 aromatic heterocycles. The van der Waals surface area contributed by atoms with E-state index in [-0.39, 0.29) is 12.5 Å². The molecule has 0 aliphatic carbocycles. The molecule has 1 atom stereocenters. The van der Waals surface area contributed by atoms with Gasteiger partial charge < -0.3 is 15.9 Å². The Balaban J connectivity index is 0.000000557. The first kappa shape index (κ1) is 15.1. The van der Waals surface area contributed by atoms with Crippen LogP contribution in [0.3, 0.4) is 0 Å². The average molecular weight is 239 g/mol. The number of hydrogen-bond donors (Lipinski definition) is 3. The van der Waals surface area contributed by atoms with Crippen molar-refractivity contribution < 1.29 is 19.8 Å². The standard InChI is InChI=1S/C10H13NO2.C2H4O2/c11-9(7-10(12)13)6-8-4-2-1-3-5-8;1-2(3)4/h1-5,9H,6-7,11H2,(H,12,13);1H3,(H,3,4)/t9-;/m1./s1. The van der Waals surface area contributed by atoms with Crippen molar-refractivity contribution in [2.75, 3.05) is 0 Å². The van der Waals surface area contributed by atoms with Crippen LogP contribution in [0.5, 0.6) is 0 Å². The van der Waals surface area contributed by atoms with Gasteiger partial charge in [0.15, 0.2) is 0 Å². The Labute approximate surface area is 99.9 Å². The van der Waals surface area contributed by atoms with Crippen LogP contribution in [0.2, 0.25) is 0 Å². The van der Waals surface area contributed by atoms with Gasteiger partial charge >= 0.3 is 5.97 Å². The van der Waals surface area contributed by atoms with Gasteiger partial charge in [-0.3, -0.25) is 9.59 Å². The van der Waals surface area contributed by atoms with Crippen molar-refractivity contribution in [2.24, 2.45) is 5.73 Å². The number of rotatable bonds is 4. The highest BCUT2D eigenvalue weighted by Gasteiger charge is 2.07. The van der Waals surface area contributed by atoms with Gasteiger partial charge in [-0.05, 0) is 12.0 Å². The lowest BCUT2D eigenvalue weighted by Crippen LogP contribution is -2.25. The number of carbonyl (C=O) groups is 2. The van der Waals surface area contributed by atoms with Crippen molar-refractivity contribution in [3.05, 3.63) is 35.9 Å². The van der Waals surface area contributed by atoms with Crippen LogP contribution in [0.15, 0.2) is 30.3 Å². The van der Waals surface area contributed by atoms with Gasteiger partial charge in [0.25, 0.3) is 5.97 Å². The summed E-state index contributed by atoms with van der Waals surface area (Å²) in [5.74, 6) is -1.68. The Morgan fingerprint density at radius 3 is 2.12 bits per heavy atom. The van der Waals surface area contributed by atoms with E-state index in [0.29, 0.717) is 6.42 Å². The van der Waals surface area contributed by atoms with Crippen molar-refractivity contribution in [3.8, 4) is 0 Å². The highest BCUT2D eigenvalue weighted by molar-refractivity contribution is 5.67. The minimum atomic E-state index is -0.844. The normalized spacial score (nSPS) is 10.9. The SMILES string of the molecule is CC(=O)O.N[C@@H](CC(=O)O)Cc1ccccc1. The summed E-state index contributed by atoms with van der Waals surface area (Å²) >= 11 is 0. The average Bonchev–Trinajstić information content (AvgIpc) is 2.16. The Kier molecular flexibility index (Phi) is 7.38. The Morgan fingerprint density at radius 2 is 1.71 bits per heavy atom. The van der Waals surface area contributed by atoms with Crippen LogP contribution in [0.25, 0.3) is 0 Å². The second kappa shape index (κ2) is 8.29. The maximum Gasteiger partial charge on any atom is 0.304 e. The molecule has 0 aliphatic heterocycles.